The smallest absolute Gasteiger partial charge is 0.291 e. The Bertz CT molecular complexity index is 1280. The molecule has 1 amide bonds. The Balaban J connectivity index is 1.61. The van der Waals surface area contributed by atoms with Crippen molar-refractivity contribution in [2.24, 2.45) is 0 Å². The van der Waals surface area contributed by atoms with E-state index >= 15 is 0 Å². The number of aryl methyl sites for hydroxylation is 2. The molecule has 0 aliphatic heterocycles. The first-order valence-electron chi connectivity index (χ1n) is 11.5. The second-order valence-electron chi connectivity index (χ2n) is 8.40. The largest absolute Gasteiger partial charge is 0.497 e. The van der Waals surface area contributed by atoms with Gasteiger partial charge in [-0.05, 0) is 80.1 Å². The van der Waals surface area contributed by atoms with E-state index in [1.807, 2.05) is 37.3 Å². The van der Waals surface area contributed by atoms with E-state index in [-0.39, 0.29) is 11.9 Å². The molecule has 5 rings (SSSR count). The van der Waals surface area contributed by atoms with Crippen molar-refractivity contribution in [3.63, 3.8) is 0 Å². The highest BCUT2D eigenvalue weighted by atomic mass is 32.1. The lowest BCUT2D eigenvalue weighted by Gasteiger charge is -2.24. The van der Waals surface area contributed by atoms with Crippen LogP contribution in [0.15, 0.2) is 65.3 Å². The SMILES string of the molecule is COc1ccc(C(Nc2cccc(C)n2)c2c(NC(=O)c3ccco3)sc3c2CCCC3)cc1. The third-order valence-electron chi connectivity index (χ3n) is 6.10. The van der Waals surface area contributed by atoms with Crippen molar-refractivity contribution < 1.29 is 13.9 Å². The van der Waals surface area contributed by atoms with Gasteiger partial charge in [-0.2, -0.15) is 0 Å². The Kier molecular flexibility index (Phi) is 6.36. The molecule has 0 radical (unpaired) electrons. The summed E-state index contributed by atoms with van der Waals surface area (Å²) in [4.78, 5) is 19.0. The van der Waals surface area contributed by atoms with E-state index in [2.05, 4.69) is 22.8 Å². The van der Waals surface area contributed by atoms with Gasteiger partial charge in [0.25, 0.3) is 5.91 Å². The predicted molar refractivity (Wildman–Crippen MR) is 135 cm³/mol. The molecule has 1 aliphatic rings. The second kappa shape index (κ2) is 9.73. The number of nitrogens with zero attached hydrogens (tertiary/aromatic N) is 1. The monoisotopic (exact) mass is 473 g/mol. The predicted octanol–water partition coefficient (Wildman–Crippen LogP) is 6.39. The lowest BCUT2D eigenvalue weighted by molar-refractivity contribution is 0.0997. The molecule has 174 valence electrons. The molecule has 3 aromatic heterocycles. The van der Waals surface area contributed by atoms with E-state index in [1.54, 1.807) is 30.6 Å². The number of carbonyl (C=O) groups excluding carboxylic acids is 1. The molecule has 1 atom stereocenters. The number of hydrogen-bond acceptors (Lipinski definition) is 6. The molecule has 0 fully saturated rings. The number of hydrogen-bond donors (Lipinski definition) is 2. The molecule has 1 unspecified atom stereocenters. The first kappa shape index (κ1) is 22.2. The highest BCUT2D eigenvalue weighted by Gasteiger charge is 2.29. The number of anilines is 2. The van der Waals surface area contributed by atoms with E-state index in [0.29, 0.717) is 5.76 Å². The van der Waals surface area contributed by atoms with Crippen molar-refractivity contribution in [2.75, 3.05) is 17.7 Å². The fraction of sp³-hybridized carbons (Fsp3) is 0.259. The van der Waals surface area contributed by atoms with Crippen LogP contribution in [0.25, 0.3) is 0 Å². The Hall–Kier alpha value is -3.58. The number of methoxy groups -OCH3 is 1. The molecule has 34 heavy (non-hydrogen) atoms. The van der Waals surface area contributed by atoms with Crippen LogP contribution in [0.4, 0.5) is 10.8 Å². The second-order valence-corrected chi connectivity index (χ2v) is 9.51. The number of carbonyl (C=O) groups is 1. The van der Waals surface area contributed by atoms with Gasteiger partial charge in [-0.25, -0.2) is 4.98 Å². The van der Waals surface area contributed by atoms with Gasteiger partial charge >= 0.3 is 0 Å². The topological polar surface area (TPSA) is 76.4 Å². The van der Waals surface area contributed by atoms with Crippen molar-refractivity contribution in [1.82, 2.24) is 4.98 Å². The fourth-order valence-corrected chi connectivity index (χ4v) is 5.77. The molecule has 2 N–H and O–H groups in total. The van der Waals surface area contributed by atoms with Crippen LogP contribution in [0, 0.1) is 6.92 Å². The Morgan fingerprint density at radius 2 is 1.91 bits per heavy atom. The van der Waals surface area contributed by atoms with E-state index in [4.69, 9.17) is 14.1 Å². The standard InChI is InChI=1S/C27H27N3O3S/c1-17-7-5-11-23(28-17)29-25(18-12-14-19(32-2)15-13-18)24-20-8-3-4-10-22(20)34-27(24)30-26(31)21-9-6-16-33-21/h5-7,9,11-16,25H,3-4,8,10H2,1-2H3,(H,28,29)(H,30,31). The minimum absolute atomic E-state index is 0.190. The summed E-state index contributed by atoms with van der Waals surface area (Å²) in [7, 11) is 1.67. The molecule has 0 saturated heterocycles. The number of thiophene rings is 1. The number of rotatable bonds is 7. The number of furan rings is 1. The lowest BCUT2D eigenvalue weighted by Crippen LogP contribution is -2.19. The number of fused-ring (bicyclic) bond motifs is 1. The van der Waals surface area contributed by atoms with Crippen molar-refractivity contribution in [3.05, 3.63) is 93.9 Å². The van der Waals surface area contributed by atoms with Gasteiger partial charge in [-0.1, -0.05) is 18.2 Å². The average Bonchev–Trinajstić information content (AvgIpc) is 3.51. The number of ether oxygens (including phenoxy) is 1. The normalized spacial score (nSPS) is 13.7. The van der Waals surface area contributed by atoms with Crippen LogP contribution in [0.3, 0.4) is 0 Å². The molecule has 1 aromatic carbocycles. The van der Waals surface area contributed by atoms with Gasteiger partial charge in [0.15, 0.2) is 5.76 Å². The van der Waals surface area contributed by atoms with E-state index in [0.717, 1.165) is 52.7 Å². The maximum atomic E-state index is 12.9. The van der Waals surface area contributed by atoms with Crippen molar-refractivity contribution in [2.45, 2.75) is 38.6 Å². The van der Waals surface area contributed by atoms with Crippen LogP contribution in [-0.4, -0.2) is 18.0 Å². The first-order valence-corrected chi connectivity index (χ1v) is 12.3. The molecular weight excluding hydrogens is 446 g/mol. The number of amides is 1. The molecule has 3 heterocycles. The van der Waals surface area contributed by atoms with Gasteiger partial charge in [-0.15, -0.1) is 11.3 Å². The molecule has 6 nitrogen and oxygen atoms in total. The summed E-state index contributed by atoms with van der Waals surface area (Å²) >= 11 is 1.67. The molecular formula is C27H27N3O3S. The van der Waals surface area contributed by atoms with Crippen molar-refractivity contribution in [1.29, 1.82) is 0 Å². The van der Waals surface area contributed by atoms with E-state index in [1.165, 1.54) is 23.1 Å². The minimum Gasteiger partial charge on any atom is -0.497 e. The number of nitrogens with one attached hydrogen (secondary N) is 2. The van der Waals surface area contributed by atoms with Crippen LogP contribution in [0.5, 0.6) is 5.75 Å². The van der Waals surface area contributed by atoms with Crippen molar-refractivity contribution in [3.8, 4) is 5.75 Å². The first-order chi connectivity index (χ1) is 16.6. The molecule has 4 aromatic rings. The maximum Gasteiger partial charge on any atom is 0.291 e. The summed E-state index contributed by atoms with van der Waals surface area (Å²) in [5.41, 5.74) is 4.45. The highest BCUT2D eigenvalue weighted by Crippen LogP contribution is 2.44. The summed E-state index contributed by atoms with van der Waals surface area (Å²) in [6.07, 6.45) is 5.84. The molecule has 7 heteroatoms. The summed E-state index contributed by atoms with van der Waals surface area (Å²) in [5.74, 6) is 1.65. The van der Waals surface area contributed by atoms with Gasteiger partial charge in [0.1, 0.15) is 16.6 Å². The Labute approximate surface area is 203 Å². The maximum absolute atomic E-state index is 12.9. The van der Waals surface area contributed by atoms with Crippen LogP contribution >= 0.6 is 11.3 Å². The van der Waals surface area contributed by atoms with Crippen LogP contribution < -0.4 is 15.4 Å². The lowest BCUT2D eigenvalue weighted by atomic mass is 9.89. The number of benzene rings is 1. The summed E-state index contributed by atoms with van der Waals surface area (Å²) in [6, 6.07) is 17.2. The Morgan fingerprint density at radius 1 is 1.09 bits per heavy atom. The zero-order chi connectivity index (χ0) is 23.5. The summed E-state index contributed by atoms with van der Waals surface area (Å²) in [5, 5.41) is 7.65. The molecule has 1 aliphatic carbocycles. The number of aromatic nitrogens is 1. The fourth-order valence-electron chi connectivity index (χ4n) is 4.45. The Morgan fingerprint density at radius 3 is 2.65 bits per heavy atom. The zero-order valence-corrected chi connectivity index (χ0v) is 20.1. The molecule has 0 saturated carbocycles. The van der Waals surface area contributed by atoms with E-state index in [9.17, 15) is 4.79 Å². The third kappa shape index (κ3) is 4.56. The molecule has 0 bridgehead atoms. The highest BCUT2D eigenvalue weighted by molar-refractivity contribution is 7.16. The minimum atomic E-state index is -0.244. The van der Waals surface area contributed by atoms with Gasteiger partial charge in [0.05, 0.1) is 19.4 Å². The summed E-state index contributed by atoms with van der Waals surface area (Å²) in [6.45, 7) is 1.98. The summed E-state index contributed by atoms with van der Waals surface area (Å²) < 4.78 is 10.7. The zero-order valence-electron chi connectivity index (χ0n) is 19.3. The van der Waals surface area contributed by atoms with Gasteiger partial charge in [-0.3, -0.25) is 4.79 Å². The van der Waals surface area contributed by atoms with Crippen molar-refractivity contribution >= 4 is 28.1 Å². The molecule has 0 spiro atoms. The van der Waals surface area contributed by atoms with Crippen LogP contribution in [0.2, 0.25) is 0 Å². The van der Waals surface area contributed by atoms with Gasteiger partial charge < -0.3 is 19.8 Å². The van der Waals surface area contributed by atoms with E-state index < -0.39 is 0 Å². The van der Waals surface area contributed by atoms with Gasteiger partial charge in [0.2, 0.25) is 0 Å². The average molecular weight is 474 g/mol. The third-order valence-corrected chi connectivity index (χ3v) is 7.33. The number of pyridine rings is 1. The van der Waals surface area contributed by atoms with Crippen LogP contribution in [-0.2, 0) is 12.8 Å². The quantitative estimate of drug-likeness (QED) is 0.325. The van der Waals surface area contributed by atoms with Gasteiger partial charge in [0, 0.05) is 16.1 Å². The van der Waals surface area contributed by atoms with Crippen LogP contribution in [0.1, 0.15) is 56.7 Å².